The zero-order chi connectivity index (χ0) is 12.5. The first-order valence-corrected chi connectivity index (χ1v) is 6.96. The van der Waals surface area contributed by atoms with Gasteiger partial charge in [-0.2, -0.15) is 0 Å². The van der Waals surface area contributed by atoms with Crippen LogP contribution < -0.4 is 4.90 Å². The molecule has 1 heterocycles. The van der Waals surface area contributed by atoms with Crippen molar-refractivity contribution in [1.29, 1.82) is 5.41 Å². The Kier molecular flexibility index (Phi) is 3.16. The molecule has 0 radical (unpaired) electrons. The Morgan fingerprint density at radius 2 is 1.89 bits per heavy atom. The summed E-state index contributed by atoms with van der Waals surface area (Å²) in [6.07, 6.45) is 2.43. The van der Waals surface area contributed by atoms with Crippen molar-refractivity contribution in [2.24, 2.45) is 5.92 Å². The Bertz CT molecular complexity index is 448. The standard InChI is InChI=1S/C14H18ClN3/c15-12-2-1-3-13(10-12)17-6-8-18(9-7-17)14(16)11-4-5-11/h1-3,10-11,16H,4-9H2. The Hall–Kier alpha value is -1.22. The SMILES string of the molecule is N=C(C1CC1)N1CCN(c2cccc(Cl)c2)CC1. The molecule has 4 heteroatoms. The summed E-state index contributed by atoms with van der Waals surface area (Å²) >= 11 is 6.02. The maximum atomic E-state index is 8.09. The molecule has 1 aromatic rings. The van der Waals surface area contributed by atoms with E-state index in [0.717, 1.165) is 37.0 Å². The number of halogens is 1. The molecule has 1 saturated heterocycles. The van der Waals surface area contributed by atoms with E-state index in [2.05, 4.69) is 15.9 Å². The number of hydrogen-bond acceptors (Lipinski definition) is 2. The molecule has 0 atom stereocenters. The van der Waals surface area contributed by atoms with Crippen molar-refractivity contribution in [2.45, 2.75) is 12.8 Å². The lowest BCUT2D eigenvalue weighted by Crippen LogP contribution is -2.49. The van der Waals surface area contributed by atoms with Crippen LogP contribution in [0.5, 0.6) is 0 Å². The minimum absolute atomic E-state index is 0.558. The largest absolute Gasteiger partial charge is 0.368 e. The Morgan fingerprint density at radius 3 is 2.50 bits per heavy atom. The summed E-state index contributed by atoms with van der Waals surface area (Å²) in [7, 11) is 0. The van der Waals surface area contributed by atoms with Crippen molar-refractivity contribution < 1.29 is 0 Å². The number of anilines is 1. The van der Waals surface area contributed by atoms with Crippen molar-refractivity contribution >= 4 is 23.1 Å². The smallest absolute Gasteiger partial charge is 0.0990 e. The molecule has 2 aliphatic rings. The van der Waals surface area contributed by atoms with Gasteiger partial charge in [0.25, 0.3) is 0 Å². The van der Waals surface area contributed by atoms with Gasteiger partial charge in [0.15, 0.2) is 0 Å². The summed E-state index contributed by atoms with van der Waals surface area (Å²) < 4.78 is 0. The van der Waals surface area contributed by atoms with Crippen LogP contribution in [0.2, 0.25) is 5.02 Å². The summed E-state index contributed by atoms with van der Waals surface area (Å²) in [6.45, 7) is 3.88. The van der Waals surface area contributed by atoms with Crippen LogP contribution in [0.3, 0.4) is 0 Å². The zero-order valence-corrected chi connectivity index (χ0v) is 11.2. The van der Waals surface area contributed by atoms with E-state index in [1.54, 1.807) is 0 Å². The molecule has 1 aliphatic heterocycles. The first kappa shape index (κ1) is 11.8. The van der Waals surface area contributed by atoms with E-state index in [1.165, 1.54) is 18.5 Å². The fourth-order valence-electron chi connectivity index (χ4n) is 2.49. The van der Waals surface area contributed by atoms with E-state index >= 15 is 0 Å². The number of rotatable bonds is 2. The highest BCUT2D eigenvalue weighted by Crippen LogP contribution is 2.31. The monoisotopic (exact) mass is 263 g/mol. The van der Waals surface area contributed by atoms with E-state index in [-0.39, 0.29) is 0 Å². The van der Waals surface area contributed by atoms with Gasteiger partial charge in [-0.1, -0.05) is 17.7 Å². The summed E-state index contributed by atoms with van der Waals surface area (Å²) in [4.78, 5) is 4.58. The highest BCUT2D eigenvalue weighted by atomic mass is 35.5. The average Bonchev–Trinajstić information content (AvgIpc) is 3.22. The maximum Gasteiger partial charge on any atom is 0.0990 e. The molecular formula is C14H18ClN3. The molecule has 0 spiro atoms. The third-order valence-electron chi connectivity index (χ3n) is 3.76. The van der Waals surface area contributed by atoms with Gasteiger partial charge in [-0.05, 0) is 31.0 Å². The van der Waals surface area contributed by atoms with E-state index in [9.17, 15) is 0 Å². The molecule has 0 aromatic heterocycles. The molecule has 3 rings (SSSR count). The van der Waals surface area contributed by atoms with E-state index in [1.807, 2.05) is 18.2 Å². The van der Waals surface area contributed by atoms with Crippen LogP contribution in [0, 0.1) is 11.3 Å². The quantitative estimate of drug-likeness (QED) is 0.657. The number of nitrogens with one attached hydrogen (secondary N) is 1. The number of amidine groups is 1. The summed E-state index contributed by atoms with van der Waals surface area (Å²) in [5, 5.41) is 8.88. The van der Waals surface area contributed by atoms with Crippen molar-refractivity contribution in [3.8, 4) is 0 Å². The third-order valence-corrected chi connectivity index (χ3v) is 3.99. The highest BCUT2D eigenvalue weighted by Gasteiger charge is 2.31. The lowest BCUT2D eigenvalue weighted by molar-refractivity contribution is 0.374. The molecule has 1 aromatic carbocycles. The Morgan fingerprint density at radius 1 is 1.17 bits per heavy atom. The maximum absolute atomic E-state index is 8.09. The van der Waals surface area contributed by atoms with Gasteiger partial charge in [0, 0.05) is 42.8 Å². The molecular weight excluding hydrogens is 246 g/mol. The van der Waals surface area contributed by atoms with Crippen molar-refractivity contribution in [3.05, 3.63) is 29.3 Å². The minimum atomic E-state index is 0.558. The molecule has 3 nitrogen and oxygen atoms in total. The zero-order valence-electron chi connectivity index (χ0n) is 10.4. The van der Waals surface area contributed by atoms with Crippen molar-refractivity contribution in [3.63, 3.8) is 0 Å². The molecule has 1 aliphatic carbocycles. The molecule has 1 saturated carbocycles. The second kappa shape index (κ2) is 4.81. The predicted molar refractivity (Wildman–Crippen MR) is 75.7 cm³/mol. The van der Waals surface area contributed by atoms with Gasteiger partial charge in [0.05, 0.1) is 5.84 Å². The summed E-state index contributed by atoms with van der Waals surface area (Å²) in [5.41, 5.74) is 1.19. The Labute approximate surface area is 113 Å². The van der Waals surface area contributed by atoms with Crippen molar-refractivity contribution in [2.75, 3.05) is 31.1 Å². The third kappa shape index (κ3) is 2.46. The van der Waals surface area contributed by atoms with Gasteiger partial charge in [0.2, 0.25) is 0 Å². The molecule has 0 amide bonds. The van der Waals surface area contributed by atoms with Crippen LogP contribution in [0.15, 0.2) is 24.3 Å². The minimum Gasteiger partial charge on any atom is -0.368 e. The normalized spacial score (nSPS) is 20.1. The van der Waals surface area contributed by atoms with E-state index in [0.29, 0.717) is 5.92 Å². The van der Waals surface area contributed by atoms with Gasteiger partial charge in [0.1, 0.15) is 0 Å². The summed E-state index contributed by atoms with van der Waals surface area (Å²) in [6, 6.07) is 8.03. The number of nitrogens with zero attached hydrogens (tertiary/aromatic N) is 2. The van der Waals surface area contributed by atoms with Crippen LogP contribution >= 0.6 is 11.6 Å². The number of piperazine rings is 1. The lowest BCUT2D eigenvalue weighted by atomic mass is 10.2. The molecule has 1 N–H and O–H groups in total. The fourth-order valence-corrected chi connectivity index (χ4v) is 2.68. The first-order chi connectivity index (χ1) is 8.74. The Balaban J connectivity index is 1.61. The second-order valence-electron chi connectivity index (χ2n) is 5.11. The molecule has 0 unspecified atom stereocenters. The predicted octanol–water partition coefficient (Wildman–Crippen LogP) is 2.85. The topological polar surface area (TPSA) is 30.3 Å². The van der Waals surface area contributed by atoms with Gasteiger partial charge >= 0.3 is 0 Å². The fraction of sp³-hybridized carbons (Fsp3) is 0.500. The molecule has 0 bridgehead atoms. The lowest BCUT2D eigenvalue weighted by Gasteiger charge is -2.37. The van der Waals surface area contributed by atoms with Gasteiger partial charge in [-0.3, -0.25) is 5.41 Å². The van der Waals surface area contributed by atoms with Crippen LogP contribution in [0.4, 0.5) is 5.69 Å². The van der Waals surface area contributed by atoms with Crippen LogP contribution in [-0.4, -0.2) is 36.9 Å². The van der Waals surface area contributed by atoms with Crippen molar-refractivity contribution in [1.82, 2.24) is 4.90 Å². The first-order valence-electron chi connectivity index (χ1n) is 6.58. The number of hydrogen-bond donors (Lipinski definition) is 1. The molecule has 2 fully saturated rings. The van der Waals surface area contributed by atoms with Gasteiger partial charge in [-0.15, -0.1) is 0 Å². The number of benzene rings is 1. The summed E-state index contributed by atoms with van der Waals surface area (Å²) in [5.74, 6) is 1.42. The average molecular weight is 264 g/mol. The highest BCUT2D eigenvalue weighted by molar-refractivity contribution is 6.30. The molecule has 96 valence electrons. The van der Waals surface area contributed by atoms with Crippen LogP contribution in [0.1, 0.15) is 12.8 Å². The molecule has 18 heavy (non-hydrogen) atoms. The van der Waals surface area contributed by atoms with Gasteiger partial charge < -0.3 is 9.80 Å². The van der Waals surface area contributed by atoms with Gasteiger partial charge in [-0.25, -0.2) is 0 Å². The van der Waals surface area contributed by atoms with E-state index in [4.69, 9.17) is 17.0 Å². The second-order valence-corrected chi connectivity index (χ2v) is 5.55. The van der Waals surface area contributed by atoms with Crippen LogP contribution in [0.25, 0.3) is 0 Å². The van der Waals surface area contributed by atoms with Crippen LogP contribution in [-0.2, 0) is 0 Å². The van der Waals surface area contributed by atoms with E-state index < -0.39 is 0 Å².